The van der Waals surface area contributed by atoms with Gasteiger partial charge in [-0.25, -0.2) is 0 Å². The molecule has 2 fully saturated rings. The number of benzene rings is 2. The summed E-state index contributed by atoms with van der Waals surface area (Å²) >= 11 is 0. The average Bonchev–Trinajstić information content (AvgIpc) is 3.59. The lowest BCUT2D eigenvalue weighted by atomic mass is 9.82. The lowest BCUT2D eigenvalue weighted by molar-refractivity contribution is -0.155. The Hall–Kier alpha value is -5.41. The molecule has 4 atom stereocenters. The van der Waals surface area contributed by atoms with Gasteiger partial charge >= 0.3 is 11.9 Å². The standard InChI is InChI=1S/C35H38N6O9/c1-21(7-4-5-13-38-20-25(12-14-42)36-37-38)35(48)28-16-27(41-31(46)18-33(41)50-23(3)44)10-11-29(28)39(34(35)47)19-24-8-6-9-26(15-24)40-30(45)17-32(40)49-22(2)43/h4,6-11,15-16,20-21,32-33,42,48H,5,12-14,17-19H2,1-3H3/b7-4+/t21-,32?,33?,35+/m1/s1. The fourth-order valence-electron chi connectivity index (χ4n) is 6.52. The number of aliphatic hydroxyl groups excluding tert-OH is 1. The van der Waals surface area contributed by atoms with E-state index in [1.54, 1.807) is 66.3 Å². The second kappa shape index (κ2) is 13.8. The van der Waals surface area contributed by atoms with Crippen molar-refractivity contribution in [1.29, 1.82) is 0 Å². The highest BCUT2D eigenvalue weighted by Gasteiger charge is 2.53. The Morgan fingerprint density at radius 2 is 1.66 bits per heavy atom. The van der Waals surface area contributed by atoms with Crippen LogP contribution < -0.4 is 14.7 Å². The Labute approximate surface area is 287 Å². The number of hydrogen-bond acceptors (Lipinski definition) is 11. The number of hydrogen-bond donors (Lipinski definition) is 2. The van der Waals surface area contributed by atoms with E-state index in [0.29, 0.717) is 47.7 Å². The number of aromatic nitrogens is 3. The molecule has 6 rings (SSSR count). The number of allylic oxidation sites excluding steroid dienone is 1. The third-order valence-electron chi connectivity index (χ3n) is 9.04. The van der Waals surface area contributed by atoms with E-state index in [2.05, 4.69) is 10.3 Å². The maximum Gasteiger partial charge on any atom is 0.304 e. The van der Waals surface area contributed by atoms with Gasteiger partial charge in [-0.1, -0.05) is 36.4 Å². The molecule has 3 aliphatic rings. The number of aryl methyl sites for hydroxylation is 1. The Balaban J connectivity index is 1.28. The molecule has 0 bridgehead atoms. The molecule has 4 heterocycles. The van der Waals surface area contributed by atoms with Crippen LogP contribution in [0, 0.1) is 5.92 Å². The SMILES string of the molecule is CC(=O)OC1CC(=O)N1c1cccc(CN2C(=O)[C@](O)([C@H](C)/C=C/CCn3cc(CCO)nn3)c3cc(N4C(=O)CC4OC(C)=O)ccc32)c1. The van der Waals surface area contributed by atoms with E-state index in [9.17, 15) is 29.1 Å². The van der Waals surface area contributed by atoms with E-state index in [0.717, 1.165) is 0 Å². The van der Waals surface area contributed by atoms with Gasteiger partial charge in [0.25, 0.3) is 5.91 Å². The third kappa shape index (κ3) is 6.48. The molecule has 3 aliphatic heterocycles. The molecular weight excluding hydrogens is 648 g/mol. The fourth-order valence-corrected chi connectivity index (χ4v) is 6.52. The predicted molar refractivity (Wildman–Crippen MR) is 177 cm³/mol. The summed E-state index contributed by atoms with van der Waals surface area (Å²) in [4.78, 5) is 66.8. The maximum absolute atomic E-state index is 14.3. The lowest BCUT2D eigenvalue weighted by Crippen LogP contribution is -2.55. The van der Waals surface area contributed by atoms with Crippen molar-refractivity contribution in [2.75, 3.05) is 21.3 Å². The van der Waals surface area contributed by atoms with E-state index in [1.165, 1.54) is 28.5 Å². The minimum Gasteiger partial charge on any atom is -0.441 e. The normalized spacial score (nSPS) is 22.0. The summed E-state index contributed by atoms with van der Waals surface area (Å²) < 4.78 is 12.2. The van der Waals surface area contributed by atoms with Gasteiger partial charge < -0.3 is 24.6 Å². The fraction of sp³-hybridized carbons (Fsp3) is 0.400. The molecule has 2 unspecified atom stereocenters. The van der Waals surface area contributed by atoms with Crippen LogP contribution in [0.5, 0.6) is 0 Å². The van der Waals surface area contributed by atoms with Crippen LogP contribution in [-0.2, 0) is 58.6 Å². The first-order valence-corrected chi connectivity index (χ1v) is 16.3. The highest BCUT2D eigenvalue weighted by atomic mass is 16.6. The number of carbonyl (C=O) groups excluding carboxylic acids is 5. The van der Waals surface area contributed by atoms with Crippen molar-refractivity contribution in [3.05, 3.63) is 77.6 Å². The van der Waals surface area contributed by atoms with Gasteiger partial charge in [0, 0.05) is 62.5 Å². The van der Waals surface area contributed by atoms with Crippen molar-refractivity contribution < 1.29 is 43.7 Å². The van der Waals surface area contributed by atoms with Crippen molar-refractivity contribution in [3.8, 4) is 0 Å². The molecule has 3 aromatic rings. The number of ether oxygens (including phenoxy) is 2. The Morgan fingerprint density at radius 3 is 2.28 bits per heavy atom. The minimum absolute atomic E-state index is 0.0204. The van der Waals surface area contributed by atoms with Crippen molar-refractivity contribution >= 4 is 46.7 Å². The van der Waals surface area contributed by atoms with Crippen LogP contribution in [0.15, 0.2) is 60.8 Å². The number of nitrogens with zero attached hydrogens (tertiary/aromatic N) is 6. The van der Waals surface area contributed by atoms with Crippen molar-refractivity contribution in [1.82, 2.24) is 15.0 Å². The number of esters is 2. The quantitative estimate of drug-likeness (QED) is 0.152. The van der Waals surface area contributed by atoms with Gasteiger partial charge in [0.05, 0.1) is 30.8 Å². The van der Waals surface area contributed by atoms with Crippen LogP contribution in [0.4, 0.5) is 17.1 Å². The molecule has 0 spiro atoms. The smallest absolute Gasteiger partial charge is 0.304 e. The van der Waals surface area contributed by atoms with Crippen LogP contribution in [0.25, 0.3) is 0 Å². The van der Waals surface area contributed by atoms with Gasteiger partial charge in [0.2, 0.25) is 11.8 Å². The third-order valence-corrected chi connectivity index (χ3v) is 9.04. The molecular formula is C35H38N6O9. The summed E-state index contributed by atoms with van der Waals surface area (Å²) in [6.45, 7) is 4.76. The van der Waals surface area contributed by atoms with Gasteiger partial charge in [-0.05, 0) is 42.3 Å². The van der Waals surface area contributed by atoms with E-state index in [1.807, 2.05) is 6.08 Å². The number of anilines is 3. The van der Waals surface area contributed by atoms with Gasteiger partial charge in [-0.3, -0.25) is 38.5 Å². The summed E-state index contributed by atoms with van der Waals surface area (Å²) in [6, 6.07) is 11.8. The van der Waals surface area contributed by atoms with Gasteiger partial charge in [-0.15, -0.1) is 5.10 Å². The topological polar surface area (TPSA) is 185 Å². The number of aliphatic hydroxyl groups is 2. The van der Waals surface area contributed by atoms with E-state index >= 15 is 0 Å². The van der Waals surface area contributed by atoms with E-state index in [4.69, 9.17) is 14.6 Å². The predicted octanol–water partition coefficient (Wildman–Crippen LogP) is 2.08. The van der Waals surface area contributed by atoms with Crippen molar-refractivity contribution in [2.24, 2.45) is 5.92 Å². The summed E-state index contributed by atoms with van der Waals surface area (Å²) in [6.07, 6.45) is 4.86. The van der Waals surface area contributed by atoms with E-state index in [-0.39, 0.29) is 43.4 Å². The molecule has 0 aliphatic carbocycles. The number of amides is 3. The molecule has 50 heavy (non-hydrogen) atoms. The van der Waals surface area contributed by atoms with Gasteiger partial charge in [-0.2, -0.15) is 0 Å². The first-order valence-electron chi connectivity index (χ1n) is 16.3. The Morgan fingerprint density at radius 1 is 1.00 bits per heavy atom. The molecule has 1 aromatic heterocycles. The number of β-lactam (4-membered cyclic amide) rings is 2. The molecule has 0 radical (unpaired) electrons. The first-order chi connectivity index (χ1) is 23.9. The summed E-state index contributed by atoms with van der Waals surface area (Å²) in [7, 11) is 0. The highest BCUT2D eigenvalue weighted by Crippen LogP contribution is 2.48. The first kappa shape index (κ1) is 34.5. The summed E-state index contributed by atoms with van der Waals surface area (Å²) in [5, 5.41) is 29.5. The zero-order valence-electron chi connectivity index (χ0n) is 27.9. The van der Waals surface area contributed by atoms with Gasteiger partial charge in [0.15, 0.2) is 18.1 Å². The molecule has 0 saturated carbocycles. The van der Waals surface area contributed by atoms with Crippen LogP contribution >= 0.6 is 0 Å². The Kier molecular flexibility index (Phi) is 9.54. The van der Waals surface area contributed by atoms with Crippen LogP contribution in [0.2, 0.25) is 0 Å². The lowest BCUT2D eigenvalue weighted by Gasteiger charge is -2.39. The van der Waals surface area contributed by atoms with Crippen molar-refractivity contribution in [3.63, 3.8) is 0 Å². The molecule has 15 heteroatoms. The largest absolute Gasteiger partial charge is 0.441 e. The number of fused-ring (bicyclic) bond motifs is 1. The molecule has 15 nitrogen and oxygen atoms in total. The minimum atomic E-state index is -2.03. The van der Waals surface area contributed by atoms with Crippen molar-refractivity contribution in [2.45, 2.75) is 77.6 Å². The second-order valence-electron chi connectivity index (χ2n) is 12.5. The summed E-state index contributed by atoms with van der Waals surface area (Å²) in [5.74, 6) is -2.83. The van der Waals surface area contributed by atoms with E-state index < -0.39 is 41.8 Å². The van der Waals surface area contributed by atoms with Crippen LogP contribution in [0.3, 0.4) is 0 Å². The monoisotopic (exact) mass is 686 g/mol. The second-order valence-corrected chi connectivity index (χ2v) is 12.5. The molecule has 262 valence electrons. The average molecular weight is 687 g/mol. The number of rotatable bonds is 13. The number of carbonyl (C=O) groups is 5. The Bertz CT molecular complexity index is 1870. The molecule has 3 amide bonds. The van der Waals surface area contributed by atoms with Crippen LogP contribution in [-0.4, -0.2) is 73.9 Å². The van der Waals surface area contributed by atoms with Gasteiger partial charge in [0.1, 0.15) is 0 Å². The molecule has 2 aromatic carbocycles. The maximum atomic E-state index is 14.3. The van der Waals surface area contributed by atoms with Crippen LogP contribution in [0.1, 0.15) is 56.9 Å². The highest BCUT2D eigenvalue weighted by molar-refractivity contribution is 6.09. The summed E-state index contributed by atoms with van der Waals surface area (Å²) in [5.41, 5.74) is 0.886. The molecule has 2 saturated heterocycles. The zero-order valence-corrected chi connectivity index (χ0v) is 27.9. The zero-order chi connectivity index (χ0) is 35.7. The molecule has 2 N–H and O–H groups in total.